The standard InChI is InChI=1S/C23H34F3NO3/c1-13(28)22(30)11-8-18-16-5-4-14-12-15(27-19(29)23(24,25)26)6-9-20(14,2)17(16)7-10-21(18,22)3/h6,13-14,16-18,28,30H,4-5,7-12H2,1-3H3,(H,27,29)/t13-,14-,16?,17?,18?,20-,21-,22-/m0/s1. The van der Waals surface area contributed by atoms with Crippen molar-refractivity contribution in [2.24, 2.45) is 34.5 Å². The fourth-order valence-electron chi connectivity index (χ4n) is 7.94. The SMILES string of the molecule is C[C@H](O)[C@@]1(O)CCC2C3CC[C@H]4CC(NC(=O)C(F)(F)F)=CC[C@]4(C)C3CC[C@@]21C. The number of allylic oxidation sites excluding steroid dienone is 2. The highest BCUT2D eigenvalue weighted by Crippen LogP contribution is 2.68. The summed E-state index contributed by atoms with van der Waals surface area (Å²) in [7, 11) is 0. The van der Waals surface area contributed by atoms with Gasteiger partial charge in [-0.2, -0.15) is 13.2 Å². The summed E-state index contributed by atoms with van der Waals surface area (Å²) in [6.45, 7) is 6.11. The maximum atomic E-state index is 12.6. The molecule has 0 aliphatic heterocycles. The van der Waals surface area contributed by atoms with Crippen molar-refractivity contribution in [3.63, 3.8) is 0 Å². The lowest BCUT2D eigenvalue weighted by atomic mass is 9.45. The Labute approximate surface area is 176 Å². The first-order valence-electron chi connectivity index (χ1n) is 11.3. The summed E-state index contributed by atoms with van der Waals surface area (Å²) in [5.41, 5.74) is -0.922. The molecule has 0 radical (unpaired) electrons. The molecular weight excluding hydrogens is 395 g/mol. The summed E-state index contributed by atoms with van der Waals surface area (Å²) >= 11 is 0. The van der Waals surface area contributed by atoms with Crippen molar-refractivity contribution in [1.82, 2.24) is 5.32 Å². The van der Waals surface area contributed by atoms with E-state index in [1.165, 1.54) is 0 Å². The highest BCUT2D eigenvalue weighted by atomic mass is 19.4. The zero-order valence-corrected chi connectivity index (χ0v) is 18.1. The largest absolute Gasteiger partial charge is 0.471 e. The zero-order chi connectivity index (χ0) is 22.1. The first-order chi connectivity index (χ1) is 13.8. The van der Waals surface area contributed by atoms with Gasteiger partial charge in [-0.1, -0.05) is 19.9 Å². The van der Waals surface area contributed by atoms with Gasteiger partial charge < -0.3 is 15.5 Å². The molecule has 0 aromatic heterocycles. The summed E-state index contributed by atoms with van der Waals surface area (Å²) in [5.74, 6) is -0.334. The molecule has 0 heterocycles. The molecule has 0 bridgehead atoms. The maximum Gasteiger partial charge on any atom is 0.471 e. The second-order valence-corrected chi connectivity index (χ2v) is 10.8. The number of aliphatic hydroxyl groups is 2. The molecule has 1 amide bonds. The molecule has 7 heteroatoms. The lowest BCUT2D eigenvalue weighted by molar-refractivity contribution is -0.180. The van der Waals surface area contributed by atoms with Crippen LogP contribution in [0.3, 0.4) is 0 Å². The number of nitrogens with one attached hydrogen (secondary N) is 1. The van der Waals surface area contributed by atoms with E-state index < -0.39 is 23.8 Å². The van der Waals surface area contributed by atoms with Crippen molar-refractivity contribution >= 4 is 5.91 Å². The molecule has 3 saturated carbocycles. The predicted molar refractivity (Wildman–Crippen MR) is 106 cm³/mol. The number of fused-ring (bicyclic) bond motifs is 5. The van der Waals surface area contributed by atoms with E-state index in [0.717, 1.165) is 32.1 Å². The molecule has 8 atom stereocenters. The van der Waals surface area contributed by atoms with Crippen LogP contribution in [-0.4, -0.2) is 34.0 Å². The Morgan fingerprint density at radius 1 is 1.17 bits per heavy atom. The molecule has 0 aromatic carbocycles. The van der Waals surface area contributed by atoms with Gasteiger partial charge in [0.15, 0.2) is 0 Å². The lowest BCUT2D eigenvalue weighted by Crippen LogP contribution is -2.59. The average Bonchev–Trinajstić information content (AvgIpc) is 2.94. The summed E-state index contributed by atoms with van der Waals surface area (Å²) in [5, 5.41) is 23.7. The van der Waals surface area contributed by atoms with E-state index in [2.05, 4.69) is 19.2 Å². The smallest absolute Gasteiger partial charge is 0.390 e. The monoisotopic (exact) mass is 429 g/mol. The van der Waals surface area contributed by atoms with Crippen LogP contribution < -0.4 is 5.32 Å². The minimum Gasteiger partial charge on any atom is -0.390 e. The minimum atomic E-state index is -4.86. The van der Waals surface area contributed by atoms with Gasteiger partial charge in [-0.05, 0) is 87.4 Å². The number of carbonyl (C=O) groups is 1. The fourth-order valence-corrected chi connectivity index (χ4v) is 7.94. The van der Waals surface area contributed by atoms with Crippen LogP contribution in [0.25, 0.3) is 0 Å². The van der Waals surface area contributed by atoms with E-state index in [1.54, 1.807) is 13.0 Å². The van der Waals surface area contributed by atoms with E-state index in [-0.39, 0.29) is 16.7 Å². The Hall–Kier alpha value is -1.08. The van der Waals surface area contributed by atoms with E-state index in [0.29, 0.717) is 42.7 Å². The van der Waals surface area contributed by atoms with Crippen LogP contribution in [0.2, 0.25) is 0 Å². The van der Waals surface area contributed by atoms with Gasteiger partial charge in [0.05, 0.1) is 11.7 Å². The van der Waals surface area contributed by atoms with Crippen LogP contribution in [0.15, 0.2) is 11.8 Å². The number of rotatable bonds is 2. The number of aliphatic hydroxyl groups excluding tert-OH is 1. The van der Waals surface area contributed by atoms with Gasteiger partial charge in [0.1, 0.15) is 0 Å². The van der Waals surface area contributed by atoms with Crippen LogP contribution >= 0.6 is 0 Å². The van der Waals surface area contributed by atoms with Gasteiger partial charge in [-0.25, -0.2) is 0 Å². The van der Waals surface area contributed by atoms with Crippen LogP contribution in [0.4, 0.5) is 13.2 Å². The van der Waals surface area contributed by atoms with Crippen molar-refractivity contribution in [2.45, 2.75) is 90.0 Å². The van der Waals surface area contributed by atoms with Gasteiger partial charge in [0, 0.05) is 11.1 Å². The van der Waals surface area contributed by atoms with Gasteiger partial charge in [-0.3, -0.25) is 4.79 Å². The molecule has 3 unspecified atom stereocenters. The second-order valence-electron chi connectivity index (χ2n) is 10.8. The van der Waals surface area contributed by atoms with Gasteiger partial charge >= 0.3 is 12.1 Å². The molecule has 3 fully saturated rings. The Bertz CT molecular complexity index is 750. The topological polar surface area (TPSA) is 69.6 Å². The molecule has 4 aliphatic carbocycles. The molecule has 170 valence electrons. The van der Waals surface area contributed by atoms with Gasteiger partial charge in [0.25, 0.3) is 0 Å². The number of hydrogen-bond donors (Lipinski definition) is 3. The number of alkyl halides is 3. The normalized spacial score (nSPS) is 46.9. The molecule has 3 N–H and O–H groups in total. The van der Waals surface area contributed by atoms with Crippen molar-refractivity contribution in [1.29, 1.82) is 0 Å². The molecule has 30 heavy (non-hydrogen) atoms. The summed E-state index contributed by atoms with van der Waals surface area (Å²) in [4.78, 5) is 11.4. The van der Waals surface area contributed by atoms with Crippen LogP contribution in [-0.2, 0) is 4.79 Å². The Morgan fingerprint density at radius 3 is 2.47 bits per heavy atom. The Morgan fingerprint density at radius 2 is 1.83 bits per heavy atom. The van der Waals surface area contributed by atoms with E-state index >= 15 is 0 Å². The van der Waals surface area contributed by atoms with Crippen molar-refractivity contribution in [3.8, 4) is 0 Å². The van der Waals surface area contributed by atoms with E-state index in [9.17, 15) is 28.2 Å². The molecular formula is C23H34F3NO3. The molecule has 0 aromatic rings. The molecule has 4 nitrogen and oxygen atoms in total. The second kappa shape index (κ2) is 6.96. The lowest BCUT2D eigenvalue weighted by Gasteiger charge is -2.61. The molecule has 0 spiro atoms. The number of hydrogen-bond acceptors (Lipinski definition) is 3. The summed E-state index contributed by atoms with van der Waals surface area (Å²) < 4.78 is 37.9. The molecule has 0 saturated heterocycles. The fraction of sp³-hybridized carbons (Fsp3) is 0.870. The summed E-state index contributed by atoms with van der Waals surface area (Å²) in [6, 6.07) is 0. The van der Waals surface area contributed by atoms with Crippen LogP contribution in [0.1, 0.15) is 72.1 Å². The highest BCUT2D eigenvalue weighted by molar-refractivity contribution is 5.83. The van der Waals surface area contributed by atoms with Crippen LogP contribution in [0, 0.1) is 34.5 Å². The predicted octanol–water partition coefficient (Wildman–Crippen LogP) is 4.31. The van der Waals surface area contributed by atoms with Crippen LogP contribution in [0.5, 0.6) is 0 Å². The van der Waals surface area contributed by atoms with E-state index in [1.807, 2.05) is 0 Å². The third kappa shape index (κ3) is 3.06. The Balaban J connectivity index is 1.54. The first-order valence-corrected chi connectivity index (χ1v) is 11.3. The molecule has 4 aliphatic rings. The quantitative estimate of drug-likeness (QED) is 0.613. The Kier molecular flexibility index (Phi) is 5.13. The third-order valence-corrected chi connectivity index (χ3v) is 9.76. The number of halogens is 3. The van der Waals surface area contributed by atoms with Crippen molar-refractivity contribution in [3.05, 3.63) is 11.8 Å². The van der Waals surface area contributed by atoms with E-state index in [4.69, 9.17) is 0 Å². The zero-order valence-electron chi connectivity index (χ0n) is 18.1. The number of carbonyl (C=O) groups excluding carboxylic acids is 1. The molecule has 4 rings (SSSR count). The third-order valence-electron chi connectivity index (χ3n) is 9.76. The minimum absolute atomic E-state index is 0.00223. The maximum absolute atomic E-state index is 12.6. The van der Waals surface area contributed by atoms with Gasteiger partial charge in [0.2, 0.25) is 0 Å². The average molecular weight is 430 g/mol. The number of amides is 1. The first kappa shape index (κ1) is 22.1. The van der Waals surface area contributed by atoms with Crippen molar-refractivity contribution < 1.29 is 28.2 Å². The van der Waals surface area contributed by atoms with Crippen molar-refractivity contribution in [2.75, 3.05) is 0 Å². The highest BCUT2D eigenvalue weighted by Gasteiger charge is 2.65. The van der Waals surface area contributed by atoms with Gasteiger partial charge in [-0.15, -0.1) is 0 Å². The summed E-state index contributed by atoms with van der Waals surface area (Å²) in [6.07, 6.45) is 2.66.